The average molecular weight is 262 g/mol. The van der Waals surface area contributed by atoms with E-state index in [1.165, 1.54) is 6.92 Å². The minimum atomic E-state index is -0.891. The van der Waals surface area contributed by atoms with Gasteiger partial charge in [0.05, 0.1) is 5.56 Å². The highest BCUT2D eigenvalue weighted by molar-refractivity contribution is 5.88. The Hall–Kier alpha value is -2.04. The Morgan fingerprint density at radius 2 is 2.21 bits per heavy atom. The zero-order valence-electron chi connectivity index (χ0n) is 11.0. The molecule has 0 bridgehead atoms. The molecule has 0 aliphatic carbocycles. The molecule has 0 fully saturated rings. The van der Waals surface area contributed by atoms with Crippen LogP contribution in [-0.4, -0.2) is 36.6 Å². The number of carboxylic acids is 1. The molecular formula is C14H18N2O3. The molecule has 1 aliphatic heterocycles. The van der Waals surface area contributed by atoms with Crippen molar-refractivity contribution in [3.8, 4) is 0 Å². The SMILES string of the molecule is CC(=O)NCCN1CCCc2cc(C(=O)O)ccc21. The second-order valence-electron chi connectivity index (χ2n) is 4.72. The topological polar surface area (TPSA) is 69.6 Å². The number of anilines is 1. The number of hydrogen-bond acceptors (Lipinski definition) is 3. The van der Waals surface area contributed by atoms with Crippen LogP contribution in [0.25, 0.3) is 0 Å². The monoisotopic (exact) mass is 262 g/mol. The first-order valence-corrected chi connectivity index (χ1v) is 6.43. The van der Waals surface area contributed by atoms with Crippen molar-refractivity contribution in [3.63, 3.8) is 0 Å². The van der Waals surface area contributed by atoms with Crippen LogP contribution in [0.4, 0.5) is 5.69 Å². The van der Waals surface area contributed by atoms with E-state index in [4.69, 9.17) is 5.11 Å². The molecular weight excluding hydrogens is 244 g/mol. The fourth-order valence-electron chi connectivity index (χ4n) is 2.41. The van der Waals surface area contributed by atoms with Crippen molar-refractivity contribution in [1.82, 2.24) is 5.32 Å². The summed E-state index contributed by atoms with van der Waals surface area (Å²) in [6.45, 7) is 3.80. The lowest BCUT2D eigenvalue weighted by Crippen LogP contribution is -2.37. The van der Waals surface area contributed by atoms with E-state index >= 15 is 0 Å². The van der Waals surface area contributed by atoms with Crippen molar-refractivity contribution < 1.29 is 14.7 Å². The van der Waals surface area contributed by atoms with Crippen LogP contribution in [0.3, 0.4) is 0 Å². The van der Waals surface area contributed by atoms with Gasteiger partial charge in [-0.2, -0.15) is 0 Å². The molecule has 0 atom stereocenters. The summed E-state index contributed by atoms with van der Waals surface area (Å²) in [5.74, 6) is -0.920. The molecule has 2 N–H and O–H groups in total. The molecule has 2 rings (SSSR count). The normalized spacial score (nSPS) is 13.8. The summed E-state index contributed by atoms with van der Waals surface area (Å²) < 4.78 is 0. The number of nitrogens with zero attached hydrogens (tertiary/aromatic N) is 1. The van der Waals surface area contributed by atoms with E-state index in [0.29, 0.717) is 12.1 Å². The summed E-state index contributed by atoms with van der Waals surface area (Å²) in [6.07, 6.45) is 1.92. The number of fused-ring (bicyclic) bond motifs is 1. The van der Waals surface area contributed by atoms with Crippen molar-refractivity contribution >= 4 is 17.6 Å². The largest absolute Gasteiger partial charge is 0.478 e. The Morgan fingerprint density at radius 3 is 2.89 bits per heavy atom. The van der Waals surface area contributed by atoms with Gasteiger partial charge in [0.15, 0.2) is 0 Å². The van der Waals surface area contributed by atoms with E-state index in [1.807, 2.05) is 6.07 Å². The number of aromatic carboxylic acids is 1. The number of carbonyl (C=O) groups excluding carboxylic acids is 1. The van der Waals surface area contributed by atoms with Gasteiger partial charge in [-0.05, 0) is 36.6 Å². The Kier molecular flexibility index (Phi) is 4.04. The molecule has 5 heteroatoms. The summed E-state index contributed by atoms with van der Waals surface area (Å²) in [7, 11) is 0. The van der Waals surface area contributed by atoms with Gasteiger partial charge < -0.3 is 15.3 Å². The van der Waals surface area contributed by atoms with Gasteiger partial charge in [-0.25, -0.2) is 4.79 Å². The molecule has 1 amide bonds. The Labute approximate surface area is 112 Å². The molecule has 1 aliphatic rings. The zero-order valence-corrected chi connectivity index (χ0v) is 11.0. The van der Waals surface area contributed by atoms with Crippen LogP contribution in [0.1, 0.15) is 29.3 Å². The van der Waals surface area contributed by atoms with E-state index < -0.39 is 5.97 Å². The van der Waals surface area contributed by atoms with Crippen LogP contribution in [-0.2, 0) is 11.2 Å². The number of nitrogens with one attached hydrogen (secondary N) is 1. The van der Waals surface area contributed by atoms with Crippen molar-refractivity contribution in [3.05, 3.63) is 29.3 Å². The summed E-state index contributed by atoms with van der Waals surface area (Å²) in [5.41, 5.74) is 2.50. The van der Waals surface area contributed by atoms with Crippen LogP contribution in [0.2, 0.25) is 0 Å². The van der Waals surface area contributed by atoms with Gasteiger partial charge in [0.25, 0.3) is 0 Å². The fourth-order valence-corrected chi connectivity index (χ4v) is 2.41. The highest BCUT2D eigenvalue weighted by Gasteiger charge is 2.18. The fraction of sp³-hybridized carbons (Fsp3) is 0.429. The van der Waals surface area contributed by atoms with Gasteiger partial charge in [0.2, 0.25) is 5.91 Å². The molecule has 1 aromatic rings. The van der Waals surface area contributed by atoms with E-state index in [1.54, 1.807) is 12.1 Å². The molecule has 19 heavy (non-hydrogen) atoms. The van der Waals surface area contributed by atoms with Crippen LogP contribution in [0, 0.1) is 0 Å². The molecule has 0 radical (unpaired) electrons. The lowest BCUT2D eigenvalue weighted by atomic mass is 9.99. The number of carboxylic acid groups (broad SMARTS) is 1. The first-order valence-electron chi connectivity index (χ1n) is 6.43. The van der Waals surface area contributed by atoms with E-state index in [0.717, 1.165) is 37.2 Å². The number of rotatable bonds is 4. The summed E-state index contributed by atoms with van der Waals surface area (Å²) in [5, 5.41) is 11.8. The van der Waals surface area contributed by atoms with Gasteiger partial charge in [0, 0.05) is 32.2 Å². The standard InChI is InChI=1S/C14H18N2O3/c1-10(17)15-6-8-16-7-2-3-11-9-12(14(18)19)4-5-13(11)16/h4-5,9H,2-3,6-8H2,1H3,(H,15,17)(H,18,19). The third-order valence-electron chi connectivity index (χ3n) is 3.30. The summed E-state index contributed by atoms with van der Waals surface area (Å²) in [4.78, 5) is 24.0. The quantitative estimate of drug-likeness (QED) is 0.857. The molecule has 5 nitrogen and oxygen atoms in total. The number of amides is 1. The number of aryl methyl sites for hydroxylation is 1. The van der Waals surface area contributed by atoms with Crippen molar-refractivity contribution in [2.24, 2.45) is 0 Å². The maximum Gasteiger partial charge on any atom is 0.335 e. The number of benzene rings is 1. The molecule has 0 aromatic heterocycles. The predicted octanol–water partition coefficient (Wildman–Crippen LogP) is 1.27. The van der Waals surface area contributed by atoms with Crippen LogP contribution in [0.15, 0.2) is 18.2 Å². The highest BCUT2D eigenvalue weighted by Crippen LogP contribution is 2.27. The van der Waals surface area contributed by atoms with Crippen molar-refractivity contribution in [2.75, 3.05) is 24.5 Å². The lowest BCUT2D eigenvalue weighted by Gasteiger charge is -2.31. The maximum atomic E-state index is 11.0. The first-order chi connectivity index (χ1) is 9.08. The molecule has 0 saturated heterocycles. The molecule has 102 valence electrons. The lowest BCUT2D eigenvalue weighted by molar-refractivity contribution is -0.118. The van der Waals surface area contributed by atoms with E-state index in [2.05, 4.69) is 10.2 Å². The average Bonchev–Trinajstić information content (AvgIpc) is 2.37. The van der Waals surface area contributed by atoms with Gasteiger partial charge in [-0.3, -0.25) is 4.79 Å². The Morgan fingerprint density at radius 1 is 1.42 bits per heavy atom. The molecule has 0 saturated carbocycles. The third-order valence-corrected chi connectivity index (χ3v) is 3.30. The van der Waals surface area contributed by atoms with Gasteiger partial charge >= 0.3 is 5.97 Å². The molecule has 1 aromatic carbocycles. The summed E-state index contributed by atoms with van der Waals surface area (Å²) in [6, 6.07) is 5.26. The van der Waals surface area contributed by atoms with Gasteiger partial charge in [0.1, 0.15) is 0 Å². The van der Waals surface area contributed by atoms with Crippen LogP contribution in [0.5, 0.6) is 0 Å². The smallest absolute Gasteiger partial charge is 0.335 e. The predicted molar refractivity (Wildman–Crippen MR) is 72.6 cm³/mol. The van der Waals surface area contributed by atoms with Gasteiger partial charge in [-0.15, -0.1) is 0 Å². The van der Waals surface area contributed by atoms with E-state index in [9.17, 15) is 9.59 Å². The zero-order chi connectivity index (χ0) is 13.8. The number of hydrogen-bond donors (Lipinski definition) is 2. The van der Waals surface area contributed by atoms with Gasteiger partial charge in [-0.1, -0.05) is 0 Å². The molecule has 0 unspecified atom stereocenters. The van der Waals surface area contributed by atoms with Crippen molar-refractivity contribution in [1.29, 1.82) is 0 Å². The van der Waals surface area contributed by atoms with E-state index in [-0.39, 0.29) is 5.91 Å². The molecule has 1 heterocycles. The first kappa shape index (κ1) is 13.4. The minimum absolute atomic E-state index is 0.0292. The molecule has 0 spiro atoms. The summed E-state index contributed by atoms with van der Waals surface area (Å²) >= 11 is 0. The second kappa shape index (κ2) is 5.73. The Bertz CT molecular complexity index is 499. The second-order valence-corrected chi connectivity index (χ2v) is 4.72. The maximum absolute atomic E-state index is 11.0. The number of carbonyl (C=O) groups is 2. The Balaban J connectivity index is 2.11. The third kappa shape index (κ3) is 3.24. The van der Waals surface area contributed by atoms with Crippen LogP contribution >= 0.6 is 0 Å². The van der Waals surface area contributed by atoms with Crippen molar-refractivity contribution in [2.45, 2.75) is 19.8 Å². The van der Waals surface area contributed by atoms with Crippen LogP contribution < -0.4 is 10.2 Å². The minimum Gasteiger partial charge on any atom is -0.478 e. The highest BCUT2D eigenvalue weighted by atomic mass is 16.4.